The predicted octanol–water partition coefficient (Wildman–Crippen LogP) is 0.926. The van der Waals surface area contributed by atoms with Crippen molar-refractivity contribution in [3.63, 3.8) is 0 Å². The minimum Gasteiger partial charge on any atom is -0.506 e. The van der Waals surface area contributed by atoms with Gasteiger partial charge in [0.2, 0.25) is 0 Å². The second-order valence-corrected chi connectivity index (χ2v) is 5.04. The standard InChI is InChI=1S/C10H11N3O3S/c1-13-10(6-7-11-13)17(15,16)12-8-4-2-3-5-9(8)14/h2-7,12,14H,1H3. The number of benzene rings is 1. The minimum absolute atomic E-state index is 0.0285. The number of aryl methyl sites for hydroxylation is 1. The predicted molar refractivity (Wildman–Crippen MR) is 62.1 cm³/mol. The monoisotopic (exact) mass is 253 g/mol. The molecule has 7 heteroatoms. The molecule has 0 spiro atoms. The van der Waals surface area contributed by atoms with E-state index in [1.807, 2.05) is 0 Å². The number of para-hydroxylation sites is 2. The van der Waals surface area contributed by atoms with Crippen LogP contribution in [0.5, 0.6) is 5.75 Å². The molecule has 0 saturated carbocycles. The van der Waals surface area contributed by atoms with E-state index in [-0.39, 0.29) is 16.5 Å². The van der Waals surface area contributed by atoms with Crippen LogP contribution in [0.15, 0.2) is 41.6 Å². The second-order valence-electron chi connectivity index (χ2n) is 3.42. The van der Waals surface area contributed by atoms with Gasteiger partial charge in [-0.3, -0.25) is 9.40 Å². The zero-order valence-corrected chi connectivity index (χ0v) is 9.85. The maximum absolute atomic E-state index is 12.0. The summed E-state index contributed by atoms with van der Waals surface area (Å²) >= 11 is 0. The van der Waals surface area contributed by atoms with E-state index >= 15 is 0 Å². The SMILES string of the molecule is Cn1nccc1S(=O)(=O)Nc1ccccc1O. The van der Waals surface area contributed by atoms with Crippen LogP contribution < -0.4 is 4.72 Å². The lowest BCUT2D eigenvalue weighted by Gasteiger charge is -2.09. The van der Waals surface area contributed by atoms with Gasteiger partial charge in [0.1, 0.15) is 5.75 Å². The summed E-state index contributed by atoms with van der Waals surface area (Å²) in [6.07, 6.45) is 1.39. The van der Waals surface area contributed by atoms with Crippen LogP contribution in [0.4, 0.5) is 5.69 Å². The average Bonchev–Trinajstić information content (AvgIpc) is 2.68. The molecule has 0 aliphatic heterocycles. The summed E-state index contributed by atoms with van der Waals surface area (Å²) in [5.41, 5.74) is 0.133. The highest BCUT2D eigenvalue weighted by Gasteiger charge is 2.19. The lowest BCUT2D eigenvalue weighted by atomic mass is 10.3. The average molecular weight is 253 g/mol. The van der Waals surface area contributed by atoms with Crippen LogP contribution >= 0.6 is 0 Å². The third kappa shape index (κ3) is 2.23. The van der Waals surface area contributed by atoms with Crippen LogP contribution in [0.2, 0.25) is 0 Å². The third-order valence-electron chi connectivity index (χ3n) is 2.20. The Bertz CT molecular complexity index is 634. The molecular weight excluding hydrogens is 242 g/mol. The molecule has 0 saturated heterocycles. The Kier molecular flexibility index (Phi) is 2.76. The van der Waals surface area contributed by atoms with Crippen molar-refractivity contribution in [2.24, 2.45) is 7.05 Å². The zero-order valence-electron chi connectivity index (χ0n) is 9.03. The summed E-state index contributed by atoms with van der Waals surface area (Å²) in [5.74, 6) is -0.127. The Labute approximate surface area is 98.6 Å². The molecule has 2 rings (SSSR count). The van der Waals surface area contributed by atoms with Gasteiger partial charge in [0.15, 0.2) is 5.03 Å². The molecule has 6 nitrogen and oxygen atoms in total. The third-order valence-corrected chi connectivity index (χ3v) is 3.64. The first-order chi connectivity index (χ1) is 8.00. The fraction of sp³-hybridized carbons (Fsp3) is 0.100. The molecule has 0 radical (unpaired) electrons. The van der Waals surface area contributed by atoms with Gasteiger partial charge in [-0.1, -0.05) is 12.1 Å². The van der Waals surface area contributed by atoms with Crippen molar-refractivity contribution in [2.75, 3.05) is 4.72 Å². The molecule has 0 fully saturated rings. The van der Waals surface area contributed by atoms with Gasteiger partial charge in [-0.05, 0) is 18.2 Å². The van der Waals surface area contributed by atoms with Crippen molar-refractivity contribution in [3.8, 4) is 5.75 Å². The maximum Gasteiger partial charge on any atom is 0.279 e. The summed E-state index contributed by atoms with van der Waals surface area (Å²) in [6, 6.07) is 7.49. The van der Waals surface area contributed by atoms with E-state index < -0.39 is 10.0 Å². The van der Waals surface area contributed by atoms with Gasteiger partial charge >= 0.3 is 0 Å². The summed E-state index contributed by atoms with van der Waals surface area (Å²) in [6.45, 7) is 0. The van der Waals surface area contributed by atoms with Crippen LogP contribution in [0.1, 0.15) is 0 Å². The normalized spacial score (nSPS) is 11.4. The smallest absolute Gasteiger partial charge is 0.279 e. The lowest BCUT2D eigenvalue weighted by molar-refractivity contribution is 0.477. The van der Waals surface area contributed by atoms with Crippen molar-refractivity contribution in [1.82, 2.24) is 9.78 Å². The van der Waals surface area contributed by atoms with Crippen molar-refractivity contribution < 1.29 is 13.5 Å². The quantitative estimate of drug-likeness (QED) is 0.797. The maximum atomic E-state index is 12.0. The fourth-order valence-electron chi connectivity index (χ4n) is 1.38. The molecule has 0 bridgehead atoms. The Balaban J connectivity index is 2.37. The largest absolute Gasteiger partial charge is 0.506 e. The van der Waals surface area contributed by atoms with E-state index in [4.69, 9.17) is 0 Å². The molecule has 0 unspecified atom stereocenters. The Morgan fingerprint density at radius 1 is 1.29 bits per heavy atom. The zero-order chi connectivity index (χ0) is 12.5. The number of aromatic hydroxyl groups is 1. The minimum atomic E-state index is -3.73. The number of anilines is 1. The summed E-state index contributed by atoms with van der Waals surface area (Å²) in [7, 11) is -2.21. The number of nitrogens with one attached hydrogen (secondary N) is 1. The fourth-order valence-corrected chi connectivity index (χ4v) is 2.58. The number of aromatic nitrogens is 2. The van der Waals surface area contributed by atoms with Crippen LogP contribution in [0.25, 0.3) is 0 Å². The van der Waals surface area contributed by atoms with Crippen molar-refractivity contribution in [2.45, 2.75) is 5.03 Å². The van der Waals surface area contributed by atoms with Crippen molar-refractivity contribution in [1.29, 1.82) is 0 Å². The van der Waals surface area contributed by atoms with E-state index in [0.717, 1.165) is 0 Å². The van der Waals surface area contributed by atoms with Crippen molar-refractivity contribution >= 4 is 15.7 Å². The molecule has 2 N–H and O–H groups in total. The highest BCUT2D eigenvalue weighted by Crippen LogP contribution is 2.24. The van der Waals surface area contributed by atoms with E-state index in [1.54, 1.807) is 12.1 Å². The van der Waals surface area contributed by atoms with Crippen LogP contribution in [0.3, 0.4) is 0 Å². The highest BCUT2D eigenvalue weighted by molar-refractivity contribution is 7.92. The second kappa shape index (κ2) is 4.10. The molecule has 1 heterocycles. The first kappa shape index (κ1) is 11.5. The first-order valence-corrected chi connectivity index (χ1v) is 6.28. The number of phenolic OH excluding ortho intramolecular Hbond substituents is 1. The Morgan fingerprint density at radius 3 is 2.59 bits per heavy atom. The van der Waals surface area contributed by atoms with E-state index in [2.05, 4.69) is 9.82 Å². The lowest BCUT2D eigenvalue weighted by Crippen LogP contribution is -2.16. The molecule has 0 aliphatic carbocycles. The van der Waals surface area contributed by atoms with E-state index in [1.165, 1.54) is 36.1 Å². The summed E-state index contributed by atoms with van der Waals surface area (Å²) in [4.78, 5) is 0. The van der Waals surface area contributed by atoms with Gasteiger partial charge in [-0.2, -0.15) is 13.5 Å². The number of hydrogen-bond donors (Lipinski definition) is 2. The Hall–Kier alpha value is -2.02. The van der Waals surface area contributed by atoms with Gasteiger partial charge in [0.05, 0.1) is 11.9 Å². The van der Waals surface area contributed by atoms with Gasteiger partial charge < -0.3 is 5.11 Å². The summed E-state index contributed by atoms with van der Waals surface area (Å²) in [5, 5.41) is 13.3. The first-order valence-electron chi connectivity index (χ1n) is 4.79. The van der Waals surface area contributed by atoms with Crippen LogP contribution in [-0.2, 0) is 17.1 Å². The molecule has 1 aromatic carbocycles. The molecule has 17 heavy (non-hydrogen) atoms. The molecule has 2 aromatic rings. The van der Waals surface area contributed by atoms with Gasteiger partial charge in [0, 0.05) is 7.05 Å². The van der Waals surface area contributed by atoms with Crippen molar-refractivity contribution in [3.05, 3.63) is 36.5 Å². The number of rotatable bonds is 3. The van der Waals surface area contributed by atoms with E-state index in [9.17, 15) is 13.5 Å². The van der Waals surface area contributed by atoms with Gasteiger partial charge in [-0.25, -0.2) is 0 Å². The molecule has 0 amide bonds. The molecule has 1 aromatic heterocycles. The molecule has 0 aliphatic rings. The summed E-state index contributed by atoms with van der Waals surface area (Å²) < 4.78 is 27.4. The molecular formula is C10H11N3O3S. The Morgan fingerprint density at radius 2 is 2.00 bits per heavy atom. The van der Waals surface area contributed by atoms with Crippen LogP contribution in [-0.4, -0.2) is 23.3 Å². The van der Waals surface area contributed by atoms with Crippen LogP contribution in [0, 0.1) is 0 Å². The highest BCUT2D eigenvalue weighted by atomic mass is 32.2. The number of phenols is 1. The number of sulfonamides is 1. The number of hydrogen-bond acceptors (Lipinski definition) is 4. The topological polar surface area (TPSA) is 84.2 Å². The van der Waals surface area contributed by atoms with E-state index in [0.29, 0.717) is 0 Å². The van der Waals surface area contributed by atoms with Gasteiger partial charge in [0.25, 0.3) is 10.0 Å². The van der Waals surface area contributed by atoms with Gasteiger partial charge in [-0.15, -0.1) is 0 Å². The molecule has 0 atom stereocenters. The number of nitrogens with zero attached hydrogens (tertiary/aromatic N) is 2. The molecule has 90 valence electrons.